The van der Waals surface area contributed by atoms with Crippen molar-refractivity contribution in [1.29, 1.82) is 0 Å². The Balaban J connectivity index is 2.35. The second-order valence-corrected chi connectivity index (χ2v) is 5.16. The van der Waals surface area contributed by atoms with Gasteiger partial charge in [0.25, 0.3) is 0 Å². The van der Waals surface area contributed by atoms with Crippen LogP contribution >= 0.6 is 15.9 Å². The molecule has 1 nitrogen and oxygen atoms in total. The molecule has 1 saturated heterocycles. The van der Waals surface area contributed by atoms with E-state index in [0.717, 1.165) is 0 Å². The number of halogens is 1. The lowest BCUT2D eigenvalue weighted by Crippen LogP contribution is -2.21. The van der Waals surface area contributed by atoms with E-state index < -0.39 is 0 Å². The van der Waals surface area contributed by atoms with Crippen LogP contribution in [0, 0.1) is 5.92 Å². The summed E-state index contributed by atoms with van der Waals surface area (Å²) in [6.07, 6.45) is 3.40. The SMILES string of the molecule is CC(C)C1CCC(C(C)Br)O1. The first-order chi connectivity index (χ1) is 5.11. The summed E-state index contributed by atoms with van der Waals surface area (Å²) < 4.78 is 5.84. The van der Waals surface area contributed by atoms with Gasteiger partial charge in [-0.1, -0.05) is 36.7 Å². The molecule has 0 aliphatic carbocycles. The van der Waals surface area contributed by atoms with Crippen molar-refractivity contribution in [3.63, 3.8) is 0 Å². The van der Waals surface area contributed by atoms with E-state index in [1.54, 1.807) is 0 Å². The Labute approximate surface area is 77.6 Å². The van der Waals surface area contributed by atoms with Gasteiger partial charge in [-0.05, 0) is 18.8 Å². The van der Waals surface area contributed by atoms with Gasteiger partial charge in [-0.15, -0.1) is 0 Å². The molecule has 1 heterocycles. The van der Waals surface area contributed by atoms with Crippen LogP contribution in [0.5, 0.6) is 0 Å². The van der Waals surface area contributed by atoms with Gasteiger partial charge in [0, 0.05) is 4.83 Å². The second-order valence-electron chi connectivity index (χ2n) is 3.71. The van der Waals surface area contributed by atoms with Crippen LogP contribution in [0.3, 0.4) is 0 Å². The van der Waals surface area contributed by atoms with Crippen LogP contribution in [0.1, 0.15) is 33.6 Å². The second kappa shape index (κ2) is 3.90. The summed E-state index contributed by atoms with van der Waals surface area (Å²) in [7, 11) is 0. The first kappa shape index (κ1) is 9.53. The van der Waals surface area contributed by atoms with Crippen LogP contribution in [0.4, 0.5) is 0 Å². The number of hydrogen-bond donors (Lipinski definition) is 0. The maximum absolute atomic E-state index is 5.84. The monoisotopic (exact) mass is 220 g/mol. The highest BCUT2D eigenvalue weighted by Gasteiger charge is 2.29. The molecule has 1 fully saturated rings. The van der Waals surface area contributed by atoms with Gasteiger partial charge in [0.05, 0.1) is 12.2 Å². The third-order valence-corrected chi connectivity index (χ3v) is 2.93. The Morgan fingerprint density at radius 1 is 1.18 bits per heavy atom. The van der Waals surface area contributed by atoms with E-state index in [1.165, 1.54) is 12.8 Å². The Morgan fingerprint density at radius 2 is 1.73 bits per heavy atom. The molecule has 0 aromatic rings. The van der Waals surface area contributed by atoms with Crippen molar-refractivity contribution < 1.29 is 4.74 Å². The van der Waals surface area contributed by atoms with Crippen LogP contribution < -0.4 is 0 Å². The zero-order chi connectivity index (χ0) is 8.43. The van der Waals surface area contributed by atoms with E-state index in [0.29, 0.717) is 23.0 Å². The fraction of sp³-hybridized carbons (Fsp3) is 1.00. The number of hydrogen-bond acceptors (Lipinski definition) is 1. The third-order valence-electron chi connectivity index (χ3n) is 2.34. The molecule has 0 aromatic heterocycles. The average molecular weight is 221 g/mol. The minimum atomic E-state index is 0.447. The summed E-state index contributed by atoms with van der Waals surface area (Å²) in [6.45, 7) is 6.62. The zero-order valence-electron chi connectivity index (χ0n) is 7.51. The van der Waals surface area contributed by atoms with Crippen LogP contribution in [0.25, 0.3) is 0 Å². The highest BCUT2D eigenvalue weighted by Crippen LogP contribution is 2.29. The molecule has 2 heteroatoms. The van der Waals surface area contributed by atoms with Crippen LogP contribution in [-0.2, 0) is 4.74 Å². The van der Waals surface area contributed by atoms with Gasteiger partial charge in [-0.25, -0.2) is 0 Å². The molecule has 11 heavy (non-hydrogen) atoms. The largest absolute Gasteiger partial charge is 0.374 e. The van der Waals surface area contributed by atoms with Crippen molar-refractivity contribution in [1.82, 2.24) is 0 Å². The topological polar surface area (TPSA) is 9.23 Å². The van der Waals surface area contributed by atoms with Gasteiger partial charge in [0.2, 0.25) is 0 Å². The quantitative estimate of drug-likeness (QED) is 0.651. The van der Waals surface area contributed by atoms with E-state index in [4.69, 9.17) is 4.74 Å². The molecule has 0 aromatic carbocycles. The minimum Gasteiger partial charge on any atom is -0.374 e. The Kier molecular flexibility index (Phi) is 3.38. The van der Waals surface area contributed by atoms with Crippen molar-refractivity contribution in [3.05, 3.63) is 0 Å². The summed E-state index contributed by atoms with van der Waals surface area (Å²) in [5, 5.41) is 0. The summed E-state index contributed by atoms with van der Waals surface area (Å²) in [5.74, 6) is 0.672. The number of rotatable bonds is 2. The highest BCUT2D eigenvalue weighted by molar-refractivity contribution is 9.09. The molecular formula is C9H17BrO. The predicted molar refractivity (Wildman–Crippen MR) is 51.1 cm³/mol. The van der Waals surface area contributed by atoms with Crippen molar-refractivity contribution in [2.24, 2.45) is 5.92 Å². The van der Waals surface area contributed by atoms with E-state index in [2.05, 4.69) is 36.7 Å². The third kappa shape index (κ3) is 2.45. The van der Waals surface area contributed by atoms with Gasteiger partial charge in [-0.3, -0.25) is 0 Å². The van der Waals surface area contributed by atoms with E-state index in [9.17, 15) is 0 Å². The zero-order valence-corrected chi connectivity index (χ0v) is 9.10. The van der Waals surface area contributed by atoms with E-state index >= 15 is 0 Å². The molecule has 3 unspecified atom stereocenters. The molecule has 3 atom stereocenters. The fourth-order valence-electron chi connectivity index (χ4n) is 1.52. The minimum absolute atomic E-state index is 0.447. The molecule has 0 spiro atoms. The number of ether oxygens (including phenoxy) is 1. The van der Waals surface area contributed by atoms with Gasteiger partial charge < -0.3 is 4.74 Å². The molecule has 0 saturated carbocycles. The summed E-state index contributed by atoms with van der Waals surface area (Å²) >= 11 is 3.55. The van der Waals surface area contributed by atoms with Gasteiger partial charge >= 0.3 is 0 Å². The first-order valence-corrected chi connectivity index (χ1v) is 5.32. The molecule has 0 amide bonds. The molecule has 1 rings (SSSR count). The molecule has 66 valence electrons. The lowest BCUT2D eigenvalue weighted by molar-refractivity contribution is 0.0217. The predicted octanol–water partition coefficient (Wildman–Crippen LogP) is 2.97. The van der Waals surface area contributed by atoms with Crippen LogP contribution in [0.2, 0.25) is 0 Å². The smallest absolute Gasteiger partial charge is 0.0702 e. The molecule has 1 aliphatic heterocycles. The van der Waals surface area contributed by atoms with Crippen molar-refractivity contribution in [2.45, 2.75) is 50.6 Å². The molecule has 0 radical (unpaired) electrons. The fourth-order valence-corrected chi connectivity index (χ4v) is 1.91. The highest BCUT2D eigenvalue weighted by atomic mass is 79.9. The number of alkyl halides is 1. The summed E-state index contributed by atoms with van der Waals surface area (Å²) in [4.78, 5) is 0.506. The standard InChI is InChI=1S/C9H17BrO/c1-6(2)8-4-5-9(11-8)7(3)10/h6-9H,4-5H2,1-3H3. The van der Waals surface area contributed by atoms with Crippen molar-refractivity contribution in [2.75, 3.05) is 0 Å². The van der Waals surface area contributed by atoms with Gasteiger partial charge in [0.1, 0.15) is 0 Å². The lowest BCUT2D eigenvalue weighted by Gasteiger charge is -2.17. The maximum atomic E-state index is 5.84. The summed E-state index contributed by atoms with van der Waals surface area (Å²) in [5.41, 5.74) is 0. The Morgan fingerprint density at radius 3 is 2.00 bits per heavy atom. The molecular weight excluding hydrogens is 204 g/mol. The van der Waals surface area contributed by atoms with Crippen LogP contribution in [0.15, 0.2) is 0 Å². The molecule has 0 N–H and O–H groups in total. The summed E-state index contributed by atoms with van der Waals surface area (Å²) in [6, 6.07) is 0. The van der Waals surface area contributed by atoms with E-state index in [-0.39, 0.29) is 0 Å². The van der Waals surface area contributed by atoms with Gasteiger partial charge in [0.15, 0.2) is 0 Å². The lowest BCUT2D eigenvalue weighted by atomic mass is 10.0. The van der Waals surface area contributed by atoms with Gasteiger partial charge in [-0.2, -0.15) is 0 Å². The molecule has 1 aliphatic rings. The normalized spacial score (nSPS) is 34.6. The van der Waals surface area contributed by atoms with Crippen molar-refractivity contribution >= 4 is 15.9 Å². The Hall–Kier alpha value is 0.440. The van der Waals surface area contributed by atoms with E-state index in [1.807, 2.05) is 0 Å². The first-order valence-electron chi connectivity index (χ1n) is 4.40. The molecule has 0 bridgehead atoms. The average Bonchev–Trinajstić information content (AvgIpc) is 2.33. The maximum Gasteiger partial charge on any atom is 0.0702 e. The Bertz CT molecular complexity index is 109. The van der Waals surface area contributed by atoms with Crippen molar-refractivity contribution in [3.8, 4) is 0 Å². The van der Waals surface area contributed by atoms with Crippen LogP contribution in [-0.4, -0.2) is 17.0 Å².